The van der Waals surface area contributed by atoms with Gasteiger partial charge in [0.1, 0.15) is 0 Å². The van der Waals surface area contributed by atoms with Gasteiger partial charge in [0, 0.05) is 26.2 Å². The molecule has 0 aliphatic rings. The van der Waals surface area contributed by atoms with Crippen molar-refractivity contribution in [2.45, 2.75) is 33.9 Å². The summed E-state index contributed by atoms with van der Waals surface area (Å²) in [4.78, 5) is 2.40. The molecule has 0 saturated carbocycles. The summed E-state index contributed by atoms with van der Waals surface area (Å²) in [6.07, 6.45) is 0. The van der Waals surface area contributed by atoms with E-state index in [2.05, 4.69) is 36.9 Å². The van der Waals surface area contributed by atoms with E-state index in [-0.39, 0.29) is 0 Å². The number of likely N-dealkylation sites (N-methyl/N-ethyl adjacent to an activating group) is 1. The van der Waals surface area contributed by atoms with Crippen molar-refractivity contribution in [2.24, 2.45) is 5.73 Å². The third kappa shape index (κ3) is 4.77. The largest absolute Gasteiger partial charge is 0.380 e. The molecule has 1 aromatic rings. The molecule has 0 heterocycles. The molecule has 0 aliphatic heterocycles. The monoisotopic (exact) mass is 250 g/mol. The van der Waals surface area contributed by atoms with Crippen molar-refractivity contribution in [2.75, 3.05) is 26.3 Å². The Balaban J connectivity index is 2.58. The molecule has 3 heteroatoms. The van der Waals surface area contributed by atoms with Crippen molar-refractivity contribution in [1.82, 2.24) is 4.90 Å². The van der Waals surface area contributed by atoms with Crippen molar-refractivity contribution in [3.8, 4) is 0 Å². The molecule has 0 aromatic heterocycles. The van der Waals surface area contributed by atoms with Crippen LogP contribution in [0.15, 0.2) is 18.2 Å². The molecule has 2 N–H and O–H groups in total. The van der Waals surface area contributed by atoms with E-state index in [0.29, 0.717) is 6.54 Å². The number of aryl methyl sites for hydroxylation is 1. The van der Waals surface area contributed by atoms with Gasteiger partial charge in [-0.25, -0.2) is 0 Å². The first-order valence-electron chi connectivity index (χ1n) is 6.79. The summed E-state index contributed by atoms with van der Waals surface area (Å²) in [6.45, 7) is 11.6. The van der Waals surface area contributed by atoms with Crippen LogP contribution in [-0.2, 0) is 17.8 Å². The number of nitrogens with zero attached hydrogens (tertiary/aromatic N) is 1. The zero-order valence-electron chi connectivity index (χ0n) is 11.9. The fourth-order valence-electron chi connectivity index (χ4n) is 1.99. The molecule has 18 heavy (non-hydrogen) atoms. The fourth-order valence-corrected chi connectivity index (χ4v) is 1.99. The minimum atomic E-state index is 0.614. The van der Waals surface area contributed by atoms with Crippen molar-refractivity contribution in [1.29, 1.82) is 0 Å². The summed E-state index contributed by atoms with van der Waals surface area (Å²) in [6, 6.07) is 6.51. The maximum Gasteiger partial charge on any atom is 0.0593 e. The number of hydrogen-bond acceptors (Lipinski definition) is 3. The van der Waals surface area contributed by atoms with Gasteiger partial charge in [-0.15, -0.1) is 0 Å². The molecule has 1 aromatic carbocycles. The molecule has 0 spiro atoms. The van der Waals surface area contributed by atoms with Crippen LogP contribution in [0.5, 0.6) is 0 Å². The summed E-state index contributed by atoms with van der Waals surface area (Å²) in [5.41, 5.74) is 9.56. The van der Waals surface area contributed by atoms with E-state index in [4.69, 9.17) is 10.5 Å². The number of benzene rings is 1. The number of nitrogens with two attached hydrogens (primary N) is 1. The van der Waals surface area contributed by atoms with Gasteiger partial charge in [-0.1, -0.05) is 25.1 Å². The summed E-state index contributed by atoms with van der Waals surface area (Å²) in [5.74, 6) is 0. The lowest BCUT2D eigenvalue weighted by Gasteiger charge is -2.21. The molecule has 1 rings (SSSR count). The van der Waals surface area contributed by atoms with E-state index < -0.39 is 0 Å². The lowest BCUT2D eigenvalue weighted by atomic mass is 10.0. The van der Waals surface area contributed by atoms with Crippen molar-refractivity contribution in [3.63, 3.8) is 0 Å². The van der Waals surface area contributed by atoms with Gasteiger partial charge in [0.25, 0.3) is 0 Å². The highest BCUT2D eigenvalue weighted by atomic mass is 16.5. The van der Waals surface area contributed by atoms with Crippen LogP contribution in [0, 0.1) is 6.92 Å². The van der Waals surface area contributed by atoms with Gasteiger partial charge in [0.05, 0.1) is 6.61 Å². The van der Waals surface area contributed by atoms with E-state index >= 15 is 0 Å². The van der Waals surface area contributed by atoms with Gasteiger partial charge in [0.2, 0.25) is 0 Å². The molecule has 0 saturated heterocycles. The standard InChI is InChI=1S/C15H26N2O/c1-4-17(8-9-18-5-2)12-15-7-6-14(11-16)10-13(15)3/h6-7,10H,4-5,8-9,11-12,16H2,1-3H3. The normalized spacial score (nSPS) is 11.2. The second kappa shape index (κ2) is 8.25. The van der Waals surface area contributed by atoms with Crippen LogP contribution < -0.4 is 5.73 Å². The Hall–Kier alpha value is -0.900. The Kier molecular flexibility index (Phi) is 6.94. The number of rotatable bonds is 8. The smallest absolute Gasteiger partial charge is 0.0593 e. The minimum absolute atomic E-state index is 0.614. The zero-order chi connectivity index (χ0) is 13.4. The van der Waals surface area contributed by atoms with Gasteiger partial charge in [-0.2, -0.15) is 0 Å². The highest BCUT2D eigenvalue weighted by Gasteiger charge is 2.06. The zero-order valence-corrected chi connectivity index (χ0v) is 11.9. The topological polar surface area (TPSA) is 38.5 Å². The van der Waals surface area contributed by atoms with Crippen molar-refractivity contribution < 1.29 is 4.74 Å². The Morgan fingerprint density at radius 1 is 1.28 bits per heavy atom. The number of hydrogen-bond donors (Lipinski definition) is 1. The molecule has 102 valence electrons. The molecule has 0 bridgehead atoms. The molecular formula is C15H26N2O. The van der Waals surface area contributed by atoms with Crippen LogP contribution in [0.2, 0.25) is 0 Å². The van der Waals surface area contributed by atoms with Crippen LogP contribution in [0.1, 0.15) is 30.5 Å². The third-order valence-corrected chi connectivity index (χ3v) is 3.24. The summed E-state index contributed by atoms with van der Waals surface area (Å²) in [5, 5.41) is 0. The van der Waals surface area contributed by atoms with Gasteiger partial charge >= 0.3 is 0 Å². The molecule has 3 nitrogen and oxygen atoms in total. The molecule has 0 fully saturated rings. The van der Waals surface area contributed by atoms with Gasteiger partial charge in [0.15, 0.2) is 0 Å². The van der Waals surface area contributed by atoms with Crippen LogP contribution in [-0.4, -0.2) is 31.2 Å². The average Bonchev–Trinajstić information content (AvgIpc) is 2.39. The van der Waals surface area contributed by atoms with E-state index in [1.807, 2.05) is 6.92 Å². The Morgan fingerprint density at radius 3 is 2.61 bits per heavy atom. The second-order valence-electron chi connectivity index (χ2n) is 4.53. The quantitative estimate of drug-likeness (QED) is 0.720. The molecule has 0 atom stereocenters. The van der Waals surface area contributed by atoms with Crippen LogP contribution in [0.4, 0.5) is 0 Å². The average molecular weight is 250 g/mol. The molecule has 0 aliphatic carbocycles. The molecule has 0 unspecified atom stereocenters. The summed E-state index contributed by atoms with van der Waals surface area (Å²) >= 11 is 0. The highest BCUT2D eigenvalue weighted by Crippen LogP contribution is 2.13. The van der Waals surface area contributed by atoms with Crippen LogP contribution in [0.3, 0.4) is 0 Å². The van der Waals surface area contributed by atoms with E-state index in [1.165, 1.54) is 16.7 Å². The molecular weight excluding hydrogens is 224 g/mol. The van der Waals surface area contributed by atoms with Gasteiger partial charge in [-0.3, -0.25) is 4.90 Å². The first kappa shape index (κ1) is 15.2. The van der Waals surface area contributed by atoms with E-state index in [0.717, 1.165) is 32.8 Å². The van der Waals surface area contributed by atoms with Crippen LogP contribution in [0.25, 0.3) is 0 Å². The fraction of sp³-hybridized carbons (Fsp3) is 0.600. The van der Waals surface area contributed by atoms with Gasteiger partial charge in [-0.05, 0) is 37.1 Å². The maximum atomic E-state index is 5.65. The predicted molar refractivity (Wildman–Crippen MR) is 76.5 cm³/mol. The highest BCUT2D eigenvalue weighted by molar-refractivity contribution is 5.30. The molecule has 0 radical (unpaired) electrons. The van der Waals surface area contributed by atoms with E-state index in [9.17, 15) is 0 Å². The SMILES string of the molecule is CCOCCN(CC)Cc1ccc(CN)cc1C. The predicted octanol–water partition coefficient (Wildman–Crippen LogP) is 2.31. The number of ether oxygens (including phenoxy) is 1. The summed E-state index contributed by atoms with van der Waals surface area (Å²) in [7, 11) is 0. The summed E-state index contributed by atoms with van der Waals surface area (Å²) < 4.78 is 5.41. The van der Waals surface area contributed by atoms with Crippen LogP contribution >= 0.6 is 0 Å². The van der Waals surface area contributed by atoms with Crippen molar-refractivity contribution in [3.05, 3.63) is 34.9 Å². The lowest BCUT2D eigenvalue weighted by molar-refractivity contribution is 0.113. The first-order chi connectivity index (χ1) is 8.71. The Labute approximate surface area is 111 Å². The van der Waals surface area contributed by atoms with Gasteiger partial charge < -0.3 is 10.5 Å². The molecule has 0 amide bonds. The maximum absolute atomic E-state index is 5.65. The Morgan fingerprint density at radius 2 is 2.06 bits per heavy atom. The van der Waals surface area contributed by atoms with Crippen molar-refractivity contribution >= 4 is 0 Å². The Bertz CT molecular complexity index is 352. The minimum Gasteiger partial charge on any atom is -0.380 e. The first-order valence-corrected chi connectivity index (χ1v) is 6.79. The van der Waals surface area contributed by atoms with E-state index in [1.54, 1.807) is 0 Å². The second-order valence-corrected chi connectivity index (χ2v) is 4.53. The lowest BCUT2D eigenvalue weighted by Crippen LogP contribution is -2.27. The third-order valence-electron chi connectivity index (χ3n) is 3.24.